The van der Waals surface area contributed by atoms with Gasteiger partial charge in [0.2, 0.25) is 0 Å². The molecule has 2 amide bonds. The SMILES string of the molecule is Cc1ccc2ncc(C(=O)Nc3cc(C(=O)NC4CCc5ccc(F)cc54)c(C)cc3F)n2c1. The lowest BCUT2D eigenvalue weighted by atomic mass is 10.0. The van der Waals surface area contributed by atoms with E-state index in [0.29, 0.717) is 17.6 Å². The Labute approximate surface area is 194 Å². The van der Waals surface area contributed by atoms with Crippen molar-refractivity contribution in [3.05, 3.63) is 100 Å². The van der Waals surface area contributed by atoms with Crippen LogP contribution in [0, 0.1) is 25.5 Å². The first-order chi connectivity index (χ1) is 16.3. The predicted molar refractivity (Wildman–Crippen MR) is 124 cm³/mol. The first kappa shape index (κ1) is 21.8. The molecule has 5 rings (SSSR count). The van der Waals surface area contributed by atoms with Crippen molar-refractivity contribution < 1.29 is 18.4 Å². The number of nitrogens with zero attached hydrogens (tertiary/aromatic N) is 2. The highest BCUT2D eigenvalue weighted by molar-refractivity contribution is 6.05. The fourth-order valence-electron chi connectivity index (χ4n) is 4.41. The second-order valence-electron chi connectivity index (χ2n) is 8.59. The maximum absolute atomic E-state index is 14.7. The summed E-state index contributed by atoms with van der Waals surface area (Å²) in [6, 6.07) is 10.5. The van der Waals surface area contributed by atoms with Gasteiger partial charge >= 0.3 is 0 Å². The molecule has 6 nitrogen and oxygen atoms in total. The molecule has 0 saturated carbocycles. The van der Waals surface area contributed by atoms with Crippen LogP contribution in [-0.2, 0) is 6.42 Å². The third kappa shape index (κ3) is 3.91. The van der Waals surface area contributed by atoms with Crippen LogP contribution in [0.1, 0.15) is 55.6 Å². The number of aryl methyl sites for hydroxylation is 3. The summed E-state index contributed by atoms with van der Waals surface area (Å²) in [4.78, 5) is 30.1. The maximum Gasteiger partial charge on any atom is 0.274 e. The van der Waals surface area contributed by atoms with Gasteiger partial charge in [-0.05, 0) is 79.3 Å². The summed E-state index contributed by atoms with van der Waals surface area (Å²) in [6.07, 6.45) is 4.58. The molecule has 0 saturated heterocycles. The number of halogens is 2. The number of fused-ring (bicyclic) bond motifs is 2. The summed E-state index contributed by atoms with van der Waals surface area (Å²) >= 11 is 0. The number of hydrogen-bond donors (Lipinski definition) is 2. The highest BCUT2D eigenvalue weighted by Crippen LogP contribution is 2.32. The number of carbonyl (C=O) groups excluding carboxylic acids is 2. The molecular formula is C26H22F2N4O2. The Morgan fingerprint density at radius 2 is 1.88 bits per heavy atom. The van der Waals surface area contributed by atoms with E-state index >= 15 is 0 Å². The molecule has 0 bridgehead atoms. The average molecular weight is 460 g/mol. The fourth-order valence-corrected chi connectivity index (χ4v) is 4.41. The van der Waals surface area contributed by atoms with Gasteiger partial charge in [0.05, 0.1) is 17.9 Å². The zero-order valence-corrected chi connectivity index (χ0v) is 18.7. The smallest absolute Gasteiger partial charge is 0.274 e. The fraction of sp³-hybridized carbons (Fsp3) is 0.192. The molecule has 0 aliphatic heterocycles. The van der Waals surface area contributed by atoms with Gasteiger partial charge in [-0.15, -0.1) is 0 Å². The van der Waals surface area contributed by atoms with Crippen LogP contribution in [0.4, 0.5) is 14.5 Å². The number of hydrogen-bond acceptors (Lipinski definition) is 3. The average Bonchev–Trinajstić information content (AvgIpc) is 3.39. The summed E-state index contributed by atoms with van der Waals surface area (Å²) < 4.78 is 30.0. The van der Waals surface area contributed by atoms with Gasteiger partial charge in [0.15, 0.2) is 0 Å². The van der Waals surface area contributed by atoms with Crippen LogP contribution in [-0.4, -0.2) is 21.2 Å². The first-order valence-electron chi connectivity index (χ1n) is 10.9. The summed E-state index contributed by atoms with van der Waals surface area (Å²) in [5.41, 5.74) is 4.08. The number of imidazole rings is 1. The summed E-state index contributed by atoms with van der Waals surface area (Å²) in [5, 5.41) is 5.48. The molecule has 0 spiro atoms. The van der Waals surface area contributed by atoms with Gasteiger partial charge in [-0.2, -0.15) is 0 Å². The minimum absolute atomic E-state index is 0.110. The third-order valence-corrected chi connectivity index (χ3v) is 6.18. The number of amides is 2. The Bertz CT molecular complexity index is 1460. The molecule has 2 aromatic heterocycles. The van der Waals surface area contributed by atoms with Crippen molar-refractivity contribution in [1.29, 1.82) is 0 Å². The lowest BCUT2D eigenvalue weighted by molar-refractivity contribution is 0.0934. The minimum Gasteiger partial charge on any atom is -0.345 e. The van der Waals surface area contributed by atoms with E-state index in [-0.39, 0.29) is 28.8 Å². The molecule has 2 N–H and O–H groups in total. The number of anilines is 1. The number of benzene rings is 2. The lowest BCUT2D eigenvalue weighted by Crippen LogP contribution is -2.28. The highest BCUT2D eigenvalue weighted by atomic mass is 19.1. The molecule has 0 fully saturated rings. The molecule has 1 atom stereocenters. The number of rotatable bonds is 4. The van der Waals surface area contributed by atoms with Crippen molar-refractivity contribution in [1.82, 2.24) is 14.7 Å². The van der Waals surface area contributed by atoms with Gasteiger partial charge in [-0.1, -0.05) is 12.1 Å². The molecule has 1 aliphatic carbocycles. The molecule has 2 aromatic carbocycles. The quantitative estimate of drug-likeness (QED) is 0.455. The molecule has 4 aromatic rings. The molecule has 1 aliphatic rings. The summed E-state index contributed by atoms with van der Waals surface area (Å²) in [6.45, 7) is 3.52. The predicted octanol–water partition coefficient (Wildman–Crippen LogP) is 4.90. The normalized spacial score (nSPS) is 14.8. The van der Waals surface area contributed by atoms with Crippen molar-refractivity contribution in [3.8, 4) is 0 Å². The van der Waals surface area contributed by atoms with Crippen molar-refractivity contribution in [2.24, 2.45) is 0 Å². The van der Waals surface area contributed by atoms with Crippen LogP contribution < -0.4 is 10.6 Å². The Morgan fingerprint density at radius 1 is 1.06 bits per heavy atom. The van der Waals surface area contributed by atoms with Gasteiger partial charge in [-0.3, -0.25) is 14.0 Å². The number of nitrogens with one attached hydrogen (secondary N) is 2. The number of pyridine rings is 1. The van der Waals surface area contributed by atoms with Crippen LogP contribution in [0.5, 0.6) is 0 Å². The number of aromatic nitrogens is 2. The topological polar surface area (TPSA) is 75.5 Å². The first-order valence-corrected chi connectivity index (χ1v) is 10.9. The Balaban J connectivity index is 1.40. The highest BCUT2D eigenvalue weighted by Gasteiger charge is 2.26. The van der Waals surface area contributed by atoms with Crippen LogP contribution in [0.2, 0.25) is 0 Å². The Hall–Kier alpha value is -4.07. The van der Waals surface area contributed by atoms with Crippen molar-refractivity contribution in [2.45, 2.75) is 32.7 Å². The van der Waals surface area contributed by atoms with Gasteiger partial charge in [-0.25, -0.2) is 13.8 Å². The van der Waals surface area contributed by atoms with Crippen LogP contribution in [0.15, 0.2) is 54.9 Å². The van der Waals surface area contributed by atoms with Gasteiger partial charge < -0.3 is 10.6 Å². The van der Waals surface area contributed by atoms with Crippen LogP contribution in [0.3, 0.4) is 0 Å². The molecule has 0 radical (unpaired) electrons. The molecule has 2 heterocycles. The third-order valence-electron chi connectivity index (χ3n) is 6.18. The molecule has 172 valence electrons. The molecular weight excluding hydrogens is 438 g/mol. The summed E-state index contributed by atoms with van der Waals surface area (Å²) in [5.74, 6) is -1.97. The van der Waals surface area contributed by atoms with E-state index in [1.807, 2.05) is 13.0 Å². The van der Waals surface area contributed by atoms with Crippen molar-refractivity contribution in [2.75, 3.05) is 5.32 Å². The largest absolute Gasteiger partial charge is 0.345 e. The van der Waals surface area contributed by atoms with E-state index in [4.69, 9.17) is 0 Å². The van der Waals surface area contributed by atoms with Gasteiger partial charge in [0.25, 0.3) is 11.8 Å². The van der Waals surface area contributed by atoms with Gasteiger partial charge in [0.1, 0.15) is 23.0 Å². The van der Waals surface area contributed by atoms with E-state index in [0.717, 1.165) is 23.1 Å². The second-order valence-corrected chi connectivity index (χ2v) is 8.59. The van der Waals surface area contributed by atoms with Crippen LogP contribution in [0.25, 0.3) is 5.65 Å². The maximum atomic E-state index is 14.7. The van der Waals surface area contributed by atoms with Crippen molar-refractivity contribution >= 4 is 23.1 Å². The van der Waals surface area contributed by atoms with E-state index in [1.54, 1.807) is 29.7 Å². The van der Waals surface area contributed by atoms with E-state index in [1.165, 1.54) is 30.5 Å². The van der Waals surface area contributed by atoms with E-state index < -0.39 is 17.6 Å². The molecule has 1 unspecified atom stereocenters. The molecule has 8 heteroatoms. The monoisotopic (exact) mass is 460 g/mol. The lowest BCUT2D eigenvalue weighted by Gasteiger charge is -2.16. The summed E-state index contributed by atoms with van der Waals surface area (Å²) in [7, 11) is 0. The van der Waals surface area contributed by atoms with E-state index in [9.17, 15) is 18.4 Å². The van der Waals surface area contributed by atoms with E-state index in [2.05, 4.69) is 15.6 Å². The Kier molecular flexibility index (Phi) is 5.36. The van der Waals surface area contributed by atoms with Crippen molar-refractivity contribution in [3.63, 3.8) is 0 Å². The standard InChI is InChI=1S/C26H22F2N4O2/c1-14-3-8-24-29-12-23(32(24)13-14)26(34)31-22-11-18(15(2)9-20(22)28)25(33)30-21-7-5-16-4-6-17(27)10-19(16)21/h3-4,6,8-13,21H,5,7H2,1-2H3,(H,30,33)(H,31,34). The van der Waals surface area contributed by atoms with Crippen LogP contribution >= 0.6 is 0 Å². The second kappa shape index (κ2) is 8.37. The van der Waals surface area contributed by atoms with Gasteiger partial charge in [0, 0.05) is 11.8 Å². The zero-order valence-electron chi connectivity index (χ0n) is 18.7. The molecule has 34 heavy (non-hydrogen) atoms. The Morgan fingerprint density at radius 3 is 2.71 bits per heavy atom. The minimum atomic E-state index is -0.652. The number of carbonyl (C=O) groups is 2. The zero-order chi connectivity index (χ0) is 24.0.